The Balaban J connectivity index is 1.57. The molecule has 27 heavy (non-hydrogen) atoms. The molecular formula is C20H16ClN3O3. The maximum absolute atomic E-state index is 12.2. The summed E-state index contributed by atoms with van der Waals surface area (Å²) in [5.41, 5.74) is 6.33. The molecule has 2 amide bonds. The fraction of sp³-hybridized carbons (Fsp3) is 0.0500. The summed E-state index contributed by atoms with van der Waals surface area (Å²) in [5.74, 6) is -0.383. The van der Waals surface area contributed by atoms with E-state index >= 15 is 0 Å². The molecular weight excluding hydrogens is 366 g/mol. The molecule has 0 aliphatic rings. The van der Waals surface area contributed by atoms with Gasteiger partial charge in [0.25, 0.3) is 11.8 Å². The number of carbonyl (C=O) groups excluding carboxylic acids is 2. The van der Waals surface area contributed by atoms with E-state index in [1.165, 1.54) is 6.20 Å². The minimum absolute atomic E-state index is 0.323. The number of carbonyl (C=O) groups is 2. The Morgan fingerprint density at radius 2 is 1.67 bits per heavy atom. The van der Waals surface area contributed by atoms with Crippen LogP contribution in [0.5, 0.6) is 5.75 Å². The summed E-state index contributed by atoms with van der Waals surface area (Å²) in [6, 6.07) is 17.2. The first-order valence-corrected chi connectivity index (χ1v) is 8.47. The zero-order chi connectivity index (χ0) is 19.1. The third-order valence-corrected chi connectivity index (χ3v) is 3.84. The molecule has 0 saturated carbocycles. The second-order valence-electron chi connectivity index (χ2n) is 5.60. The minimum Gasteiger partial charge on any atom is -0.489 e. The predicted molar refractivity (Wildman–Crippen MR) is 101 cm³/mol. The lowest BCUT2D eigenvalue weighted by Gasteiger charge is -2.10. The van der Waals surface area contributed by atoms with Gasteiger partial charge in [-0.25, -0.2) is 0 Å². The van der Waals surface area contributed by atoms with Crippen LogP contribution in [0.4, 0.5) is 0 Å². The van der Waals surface area contributed by atoms with Crippen molar-refractivity contribution in [3.05, 3.63) is 94.8 Å². The van der Waals surface area contributed by atoms with Crippen molar-refractivity contribution < 1.29 is 14.3 Å². The number of hydrogen-bond donors (Lipinski definition) is 2. The summed E-state index contributed by atoms with van der Waals surface area (Å²) >= 11 is 5.95. The van der Waals surface area contributed by atoms with E-state index in [1.807, 2.05) is 18.2 Å². The Bertz CT molecular complexity index is 948. The third-order valence-electron chi connectivity index (χ3n) is 3.60. The number of nitrogens with zero attached hydrogens (tertiary/aromatic N) is 1. The highest BCUT2D eigenvalue weighted by molar-refractivity contribution is 6.30. The maximum atomic E-state index is 12.2. The highest BCUT2D eigenvalue weighted by Crippen LogP contribution is 2.17. The second-order valence-corrected chi connectivity index (χ2v) is 6.03. The Labute approximate surface area is 161 Å². The van der Waals surface area contributed by atoms with Gasteiger partial charge in [0.15, 0.2) is 0 Å². The lowest BCUT2D eigenvalue weighted by molar-refractivity contribution is 0.0846. The summed E-state index contributed by atoms with van der Waals surface area (Å²) in [5, 5.41) is 0.633. The number of ether oxygens (including phenoxy) is 1. The number of halogens is 1. The Morgan fingerprint density at radius 3 is 2.41 bits per heavy atom. The van der Waals surface area contributed by atoms with Gasteiger partial charge in [0.05, 0.1) is 5.56 Å². The highest BCUT2D eigenvalue weighted by atomic mass is 35.5. The first kappa shape index (κ1) is 18.4. The number of hydrazine groups is 1. The van der Waals surface area contributed by atoms with Crippen molar-refractivity contribution in [2.75, 3.05) is 0 Å². The number of nitrogens with one attached hydrogen (secondary N) is 2. The Kier molecular flexibility index (Phi) is 6.02. The first-order chi connectivity index (χ1) is 13.1. The van der Waals surface area contributed by atoms with Crippen LogP contribution in [-0.2, 0) is 6.61 Å². The maximum Gasteiger partial charge on any atom is 0.271 e. The average molecular weight is 382 g/mol. The van der Waals surface area contributed by atoms with Gasteiger partial charge in [-0.3, -0.25) is 25.4 Å². The molecule has 0 atom stereocenters. The fourth-order valence-electron chi connectivity index (χ4n) is 2.28. The van der Waals surface area contributed by atoms with E-state index in [-0.39, 0.29) is 0 Å². The van der Waals surface area contributed by atoms with Crippen molar-refractivity contribution in [2.24, 2.45) is 0 Å². The molecule has 2 N–H and O–H groups in total. The molecule has 0 saturated heterocycles. The number of pyridine rings is 1. The SMILES string of the molecule is O=C(NNC(=O)c1cccc(OCc2cccc(Cl)c2)c1)c1cccnc1. The molecule has 2 aromatic carbocycles. The molecule has 0 aliphatic heterocycles. The molecule has 0 radical (unpaired) electrons. The van der Waals surface area contributed by atoms with Gasteiger partial charge < -0.3 is 4.74 Å². The van der Waals surface area contributed by atoms with Crippen LogP contribution >= 0.6 is 11.6 Å². The van der Waals surface area contributed by atoms with Gasteiger partial charge in [-0.15, -0.1) is 0 Å². The molecule has 0 fully saturated rings. The molecule has 3 rings (SSSR count). The molecule has 1 aromatic heterocycles. The first-order valence-electron chi connectivity index (χ1n) is 8.10. The number of amides is 2. The second kappa shape index (κ2) is 8.82. The van der Waals surface area contributed by atoms with Crippen molar-refractivity contribution in [1.29, 1.82) is 0 Å². The predicted octanol–water partition coefficient (Wildman–Crippen LogP) is 3.39. The van der Waals surface area contributed by atoms with Gasteiger partial charge in [-0.1, -0.05) is 29.8 Å². The zero-order valence-electron chi connectivity index (χ0n) is 14.2. The topological polar surface area (TPSA) is 80.3 Å². The monoisotopic (exact) mass is 381 g/mol. The van der Waals surface area contributed by atoms with E-state index in [4.69, 9.17) is 16.3 Å². The molecule has 6 nitrogen and oxygen atoms in total. The summed E-state index contributed by atoms with van der Waals surface area (Å²) < 4.78 is 5.70. The number of rotatable bonds is 5. The van der Waals surface area contributed by atoms with Gasteiger partial charge in [0.2, 0.25) is 0 Å². The van der Waals surface area contributed by atoms with Crippen molar-refractivity contribution in [1.82, 2.24) is 15.8 Å². The van der Waals surface area contributed by atoms with E-state index in [1.54, 1.807) is 48.7 Å². The molecule has 0 aliphatic carbocycles. The van der Waals surface area contributed by atoms with Crippen LogP contribution in [0.15, 0.2) is 73.1 Å². The summed E-state index contributed by atoms with van der Waals surface area (Å²) in [6.07, 6.45) is 2.97. The van der Waals surface area contributed by atoms with E-state index in [0.29, 0.717) is 28.5 Å². The van der Waals surface area contributed by atoms with Gasteiger partial charge in [-0.2, -0.15) is 0 Å². The largest absolute Gasteiger partial charge is 0.489 e. The van der Waals surface area contributed by atoms with Gasteiger partial charge in [0, 0.05) is 23.0 Å². The molecule has 1 heterocycles. The third kappa shape index (κ3) is 5.29. The number of hydrogen-bond acceptors (Lipinski definition) is 4. The van der Waals surface area contributed by atoms with E-state index in [9.17, 15) is 9.59 Å². The summed E-state index contributed by atoms with van der Waals surface area (Å²) in [4.78, 5) is 28.0. The van der Waals surface area contributed by atoms with Gasteiger partial charge in [0.1, 0.15) is 12.4 Å². The molecule has 3 aromatic rings. The van der Waals surface area contributed by atoms with E-state index in [0.717, 1.165) is 5.56 Å². The zero-order valence-corrected chi connectivity index (χ0v) is 14.9. The van der Waals surface area contributed by atoms with Crippen LogP contribution in [0.3, 0.4) is 0 Å². The van der Waals surface area contributed by atoms with E-state index < -0.39 is 11.8 Å². The van der Waals surface area contributed by atoms with Crippen LogP contribution in [0.1, 0.15) is 26.3 Å². The van der Waals surface area contributed by atoms with Gasteiger partial charge >= 0.3 is 0 Å². The summed E-state index contributed by atoms with van der Waals surface area (Å²) in [6.45, 7) is 0.323. The van der Waals surface area contributed by atoms with Crippen molar-refractivity contribution >= 4 is 23.4 Å². The van der Waals surface area contributed by atoms with Crippen LogP contribution in [0.25, 0.3) is 0 Å². The number of benzene rings is 2. The molecule has 136 valence electrons. The fourth-order valence-corrected chi connectivity index (χ4v) is 2.49. The van der Waals surface area contributed by atoms with Crippen molar-refractivity contribution in [3.63, 3.8) is 0 Å². The van der Waals surface area contributed by atoms with Gasteiger partial charge in [-0.05, 0) is 48.0 Å². The van der Waals surface area contributed by atoms with Crippen molar-refractivity contribution in [3.8, 4) is 5.75 Å². The molecule has 0 bridgehead atoms. The Hall–Kier alpha value is -3.38. The molecule has 7 heteroatoms. The lowest BCUT2D eigenvalue weighted by Crippen LogP contribution is -2.41. The molecule has 0 spiro atoms. The van der Waals surface area contributed by atoms with Crippen LogP contribution < -0.4 is 15.6 Å². The lowest BCUT2D eigenvalue weighted by atomic mass is 10.2. The van der Waals surface area contributed by atoms with Crippen LogP contribution in [-0.4, -0.2) is 16.8 Å². The van der Waals surface area contributed by atoms with Crippen LogP contribution in [0.2, 0.25) is 5.02 Å². The minimum atomic E-state index is -0.458. The Morgan fingerprint density at radius 1 is 0.926 bits per heavy atom. The highest BCUT2D eigenvalue weighted by Gasteiger charge is 2.10. The quantitative estimate of drug-likeness (QED) is 0.664. The normalized spacial score (nSPS) is 10.1. The molecule has 0 unspecified atom stereocenters. The van der Waals surface area contributed by atoms with Crippen LogP contribution in [0, 0.1) is 0 Å². The average Bonchev–Trinajstić information content (AvgIpc) is 2.71. The van der Waals surface area contributed by atoms with Crippen molar-refractivity contribution in [2.45, 2.75) is 6.61 Å². The number of aromatic nitrogens is 1. The summed E-state index contributed by atoms with van der Waals surface area (Å²) in [7, 11) is 0. The smallest absolute Gasteiger partial charge is 0.271 e. The standard InChI is InChI=1S/C20H16ClN3O3/c21-17-7-1-4-14(10-17)13-27-18-8-2-5-15(11-18)19(25)23-24-20(26)16-6-3-9-22-12-16/h1-12H,13H2,(H,23,25)(H,24,26). The van der Waals surface area contributed by atoms with E-state index in [2.05, 4.69) is 15.8 Å².